The van der Waals surface area contributed by atoms with Crippen LogP contribution in [-0.2, 0) is 0 Å². The quantitative estimate of drug-likeness (QED) is 0.393. The fourth-order valence-corrected chi connectivity index (χ4v) is 0.783. The first-order chi connectivity index (χ1) is 4.45. The summed E-state index contributed by atoms with van der Waals surface area (Å²) in [7, 11) is 0. The first-order valence-electron chi connectivity index (χ1n) is 3.56. The molecule has 0 fully saturated rings. The maximum Gasteiger partial charge on any atom is 0.116 e. The van der Waals surface area contributed by atoms with Crippen LogP contribution in [0, 0.1) is 0 Å². The van der Waals surface area contributed by atoms with Crippen LogP contribution in [0.2, 0.25) is 0 Å². The van der Waals surface area contributed by atoms with Gasteiger partial charge in [0.25, 0.3) is 0 Å². The molecule has 0 radical (unpaired) electrons. The van der Waals surface area contributed by atoms with Crippen molar-refractivity contribution >= 4 is 0 Å². The van der Waals surface area contributed by atoms with E-state index >= 15 is 0 Å². The SMILES string of the molecule is CCCC(N)NC(C)(N)N. The van der Waals surface area contributed by atoms with Crippen molar-refractivity contribution in [3.63, 3.8) is 0 Å². The fourth-order valence-electron chi connectivity index (χ4n) is 0.783. The van der Waals surface area contributed by atoms with Crippen molar-refractivity contribution in [2.75, 3.05) is 0 Å². The predicted molar refractivity (Wildman–Crippen MR) is 42.8 cm³/mol. The lowest BCUT2D eigenvalue weighted by Crippen LogP contribution is -2.63. The zero-order valence-corrected chi connectivity index (χ0v) is 6.72. The molecule has 4 nitrogen and oxygen atoms in total. The van der Waals surface area contributed by atoms with Crippen LogP contribution in [0.3, 0.4) is 0 Å². The van der Waals surface area contributed by atoms with Crippen LogP contribution in [0.25, 0.3) is 0 Å². The standard InChI is InChI=1S/C6H18N4/c1-3-4-5(7)10-6(2,8)9/h5,10H,3-4,7-9H2,1-2H3. The van der Waals surface area contributed by atoms with Gasteiger partial charge in [0.15, 0.2) is 0 Å². The number of hydrogen-bond acceptors (Lipinski definition) is 4. The van der Waals surface area contributed by atoms with Crippen molar-refractivity contribution in [2.45, 2.75) is 38.6 Å². The molecule has 7 N–H and O–H groups in total. The van der Waals surface area contributed by atoms with E-state index in [0.717, 1.165) is 12.8 Å². The minimum Gasteiger partial charge on any atom is -0.316 e. The average molecular weight is 146 g/mol. The largest absolute Gasteiger partial charge is 0.316 e. The van der Waals surface area contributed by atoms with Gasteiger partial charge in [-0.2, -0.15) is 0 Å². The van der Waals surface area contributed by atoms with Crippen molar-refractivity contribution in [1.29, 1.82) is 0 Å². The maximum atomic E-state index is 5.60. The molecule has 0 saturated heterocycles. The Morgan fingerprint density at radius 2 is 2.00 bits per heavy atom. The second kappa shape index (κ2) is 3.88. The summed E-state index contributed by atoms with van der Waals surface area (Å²) in [6.07, 6.45) is 1.83. The predicted octanol–water partition coefficient (Wildman–Crippen LogP) is -0.748. The summed E-state index contributed by atoms with van der Waals surface area (Å²) >= 11 is 0. The van der Waals surface area contributed by atoms with E-state index in [2.05, 4.69) is 12.2 Å². The summed E-state index contributed by atoms with van der Waals surface area (Å²) in [5.74, 6) is -0.853. The van der Waals surface area contributed by atoms with Gasteiger partial charge in [0.2, 0.25) is 0 Å². The highest BCUT2D eigenvalue weighted by Crippen LogP contribution is 1.91. The Morgan fingerprint density at radius 3 is 2.30 bits per heavy atom. The molecule has 0 aromatic heterocycles. The highest BCUT2D eigenvalue weighted by molar-refractivity contribution is 4.70. The molecule has 0 amide bonds. The lowest BCUT2D eigenvalue weighted by atomic mass is 10.2. The first kappa shape index (κ1) is 9.84. The zero-order valence-electron chi connectivity index (χ0n) is 6.72. The smallest absolute Gasteiger partial charge is 0.116 e. The Kier molecular flexibility index (Phi) is 3.81. The van der Waals surface area contributed by atoms with Gasteiger partial charge in [0.1, 0.15) is 5.79 Å². The summed E-state index contributed by atoms with van der Waals surface area (Å²) in [5.41, 5.74) is 16.5. The van der Waals surface area contributed by atoms with E-state index in [1.165, 1.54) is 0 Å². The van der Waals surface area contributed by atoms with Crippen LogP contribution >= 0.6 is 0 Å². The molecule has 0 aliphatic rings. The molecule has 0 aliphatic carbocycles. The Bertz CT molecular complexity index is 86.2. The van der Waals surface area contributed by atoms with Crippen LogP contribution in [0.5, 0.6) is 0 Å². The van der Waals surface area contributed by atoms with Gasteiger partial charge in [-0.05, 0) is 13.3 Å². The molecule has 0 aromatic rings. The summed E-state index contributed by atoms with van der Waals surface area (Å²) in [5, 5.41) is 2.85. The molecular weight excluding hydrogens is 128 g/mol. The zero-order chi connectivity index (χ0) is 8.20. The van der Waals surface area contributed by atoms with E-state index in [-0.39, 0.29) is 6.17 Å². The molecule has 0 aliphatic heterocycles. The average Bonchev–Trinajstić information content (AvgIpc) is 1.59. The van der Waals surface area contributed by atoms with Gasteiger partial charge in [-0.1, -0.05) is 13.3 Å². The Balaban J connectivity index is 3.47. The van der Waals surface area contributed by atoms with Gasteiger partial charge in [0, 0.05) is 0 Å². The molecule has 1 atom stereocenters. The van der Waals surface area contributed by atoms with E-state index in [9.17, 15) is 0 Å². The number of nitrogens with one attached hydrogen (secondary N) is 1. The second-order valence-corrected chi connectivity index (χ2v) is 2.82. The van der Waals surface area contributed by atoms with Crippen LogP contribution in [-0.4, -0.2) is 12.0 Å². The molecule has 4 heteroatoms. The van der Waals surface area contributed by atoms with Crippen LogP contribution in [0.1, 0.15) is 26.7 Å². The third-order valence-electron chi connectivity index (χ3n) is 1.10. The van der Waals surface area contributed by atoms with Gasteiger partial charge in [-0.15, -0.1) is 0 Å². The Morgan fingerprint density at radius 1 is 1.50 bits per heavy atom. The summed E-state index contributed by atoms with van der Waals surface area (Å²) in [6.45, 7) is 3.74. The van der Waals surface area contributed by atoms with Crippen molar-refractivity contribution in [1.82, 2.24) is 5.32 Å². The van der Waals surface area contributed by atoms with Crippen molar-refractivity contribution in [3.05, 3.63) is 0 Å². The first-order valence-corrected chi connectivity index (χ1v) is 3.56. The van der Waals surface area contributed by atoms with E-state index in [1.807, 2.05) is 0 Å². The summed E-state index contributed by atoms with van der Waals surface area (Å²) < 4.78 is 0. The highest BCUT2D eigenvalue weighted by Gasteiger charge is 2.13. The molecule has 0 bridgehead atoms. The molecular formula is C6H18N4. The molecule has 0 heterocycles. The van der Waals surface area contributed by atoms with Crippen molar-refractivity contribution < 1.29 is 0 Å². The highest BCUT2D eigenvalue weighted by atomic mass is 15.3. The number of nitrogens with two attached hydrogens (primary N) is 3. The summed E-state index contributed by atoms with van der Waals surface area (Å²) in [4.78, 5) is 0. The number of hydrogen-bond donors (Lipinski definition) is 4. The topological polar surface area (TPSA) is 90.1 Å². The minimum atomic E-state index is -0.853. The third-order valence-corrected chi connectivity index (χ3v) is 1.10. The third kappa shape index (κ3) is 5.97. The Labute approximate surface area is 62.1 Å². The van der Waals surface area contributed by atoms with Crippen LogP contribution in [0.15, 0.2) is 0 Å². The minimum absolute atomic E-state index is 0.0926. The van der Waals surface area contributed by atoms with Gasteiger partial charge in [-0.3, -0.25) is 5.32 Å². The van der Waals surface area contributed by atoms with E-state index in [4.69, 9.17) is 17.2 Å². The molecule has 10 heavy (non-hydrogen) atoms. The molecule has 0 saturated carbocycles. The fraction of sp³-hybridized carbons (Fsp3) is 1.00. The van der Waals surface area contributed by atoms with E-state index in [1.54, 1.807) is 6.92 Å². The maximum absolute atomic E-state index is 5.60. The van der Waals surface area contributed by atoms with Gasteiger partial charge >= 0.3 is 0 Å². The normalized spacial score (nSPS) is 15.3. The van der Waals surface area contributed by atoms with Crippen molar-refractivity contribution in [3.8, 4) is 0 Å². The van der Waals surface area contributed by atoms with Gasteiger partial charge in [-0.25, -0.2) is 0 Å². The van der Waals surface area contributed by atoms with E-state index < -0.39 is 5.79 Å². The molecule has 1 unspecified atom stereocenters. The molecule has 0 spiro atoms. The van der Waals surface area contributed by atoms with Crippen LogP contribution in [0.4, 0.5) is 0 Å². The molecule has 0 aromatic carbocycles. The lowest BCUT2D eigenvalue weighted by Gasteiger charge is -2.25. The van der Waals surface area contributed by atoms with E-state index in [0.29, 0.717) is 0 Å². The Hall–Kier alpha value is -0.160. The lowest BCUT2D eigenvalue weighted by molar-refractivity contribution is 0.318. The second-order valence-electron chi connectivity index (χ2n) is 2.82. The van der Waals surface area contributed by atoms with Gasteiger partial charge < -0.3 is 17.2 Å². The molecule has 62 valence electrons. The van der Waals surface area contributed by atoms with Crippen molar-refractivity contribution in [2.24, 2.45) is 17.2 Å². The monoisotopic (exact) mass is 146 g/mol. The summed E-state index contributed by atoms with van der Waals surface area (Å²) in [6, 6.07) is 0. The molecule has 0 rings (SSSR count). The van der Waals surface area contributed by atoms with Crippen LogP contribution < -0.4 is 22.5 Å². The number of rotatable bonds is 4. The van der Waals surface area contributed by atoms with Gasteiger partial charge in [0.05, 0.1) is 6.17 Å².